The first-order valence-electron chi connectivity index (χ1n) is 8.33. The predicted molar refractivity (Wildman–Crippen MR) is 102 cm³/mol. The van der Waals surface area contributed by atoms with Crippen LogP contribution in [0.15, 0.2) is 28.6 Å². The molecular formula is C18H24N4O2S. The number of fused-ring (bicyclic) bond motifs is 1. The van der Waals surface area contributed by atoms with Crippen molar-refractivity contribution < 1.29 is 9.47 Å². The van der Waals surface area contributed by atoms with E-state index in [9.17, 15) is 0 Å². The molecule has 0 aliphatic carbocycles. The molecule has 6 nitrogen and oxygen atoms in total. The maximum atomic E-state index is 6.00. The standard InChI is InChI=1S/C18H24N4O2S/c1-18(2,3)15-11-25-16(22-15)10-20-17(19)21-12-5-6-13-14(9-12)24-8-4-7-23-13/h5-6,9,11H,4,7-8,10H2,1-3H3,(H3,19,20,21). The minimum atomic E-state index is 0.0478. The summed E-state index contributed by atoms with van der Waals surface area (Å²) in [7, 11) is 0. The van der Waals surface area contributed by atoms with Crippen molar-refractivity contribution in [3.63, 3.8) is 0 Å². The number of hydrogen-bond acceptors (Lipinski definition) is 5. The van der Waals surface area contributed by atoms with Gasteiger partial charge in [-0.05, 0) is 12.1 Å². The highest BCUT2D eigenvalue weighted by Crippen LogP contribution is 2.32. The molecule has 3 N–H and O–H groups in total. The number of nitrogens with zero attached hydrogens (tertiary/aromatic N) is 2. The quantitative estimate of drug-likeness (QED) is 0.646. The van der Waals surface area contributed by atoms with Gasteiger partial charge in [-0.1, -0.05) is 20.8 Å². The number of aromatic nitrogens is 1. The summed E-state index contributed by atoms with van der Waals surface area (Å²) in [4.78, 5) is 8.99. The highest BCUT2D eigenvalue weighted by atomic mass is 32.1. The molecule has 3 rings (SSSR count). The van der Waals surface area contributed by atoms with E-state index < -0.39 is 0 Å². The molecule has 0 atom stereocenters. The minimum Gasteiger partial charge on any atom is -0.490 e. The zero-order valence-corrected chi connectivity index (χ0v) is 15.7. The van der Waals surface area contributed by atoms with E-state index in [4.69, 9.17) is 15.2 Å². The third-order valence-corrected chi connectivity index (χ3v) is 4.56. The van der Waals surface area contributed by atoms with E-state index in [0.29, 0.717) is 25.7 Å². The van der Waals surface area contributed by atoms with Gasteiger partial charge in [0, 0.05) is 29.0 Å². The van der Waals surface area contributed by atoms with Crippen molar-refractivity contribution in [1.29, 1.82) is 0 Å². The summed E-state index contributed by atoms with van der Waals surface area (Å²) < 4.78 is 11.3. The van der Waals surface area contributed by atoms with Gasteiger partial charge >= 0.3 is 0 Å². The lowest BCUT2D eigenvalue weighted by molar-refractivity contribution is 0.297. The van der Waals surface area contributed by atoms with Crippen molar-refractivity contribution in [2.75, 3.05) is 18.5 Å². The van der Waals surface area contributed by atoms with E-state index in [1.54, 1.807) is 11.3 Å². The van der Waals surface area contributed by atoms with Crippen LogP contribution in [0.5, 0.6) is 11.5 Å². The molecule has 1 aromatic carbocycles. The second-order valence-corrected chi connectivity index (χ2v) is 7.86. The average molecular weight is 360 g/mol. The Morgan fingerprint density at radius 3 is 2.76 bits per heavy atom. The maximum Gasteiger partial charge on any atom is 0.193 e. The van der Waals surface area contributed by atoms with Crippen LogP contribution in [0, 0.1) is 0 Å². The molecule has 2 heterocycles. The van der Waals surface area contributed by atoms with Crippen molar-refractivity contribution in [3.8, 4) is 11.5 Å². The molecule has 25 heavy (non-hydrogen) atoms. The fourth-order valence-corrected chi connectivity index (χ4v) is 3.25. The van der Waals surface area contributed by atoms with Gasteiger partial charge in [-0.25, -0.2) is 9.98 Å². The Balaban J connectivity index is 1.63. The van der Waals surface area contributed by atoms with E-state index >= 15 is 0 Å². The SMILES string of the molecule is CC(C)(C)c1csc(CN=C(N)Nc2ccc3c(c2)OCCCO3)n1. The Bertz CT molecular complexity index is 765. The second kappa shape index (κ2) is 7.31. The fourth-order valence-electron chi connectivity index (χ4n) is 2.31. The van der Waals surface area contributed by atoms with Crippen LogP contribution in [0.25, 0.3) is 0 Å². The molecule has 0 saturated carbocycles. The summed E-state index contributed by atoms with van der Waals surface area (Å²) in [6, 6.07) is 5.66. The van der Waals surface area contributed by atoms with Gasteiger partial charge in [-0.3, -0.25) is 0 Å². The minimum absolute atomic E-state index is 0.0478. The number of ether oxygens (including phenoxy) is 2. The highest BCUT2D eigenvalue weighted by molar-refractivity contribution is 7.09. The highest BCUT2D eigenvalue weighted by Gasteiger charge is 2.17. The molecule has 0 unspecified atom stereocenters. The van der Waals surface area contributed by atoms with Crippen molar-refractivity contribution >= 4 is 23.0 Å². The first-order valence-corrected chi connectivity index (χ1v) is 9.21. The molecule has 2 aromatic rings. The lowest BCUT2D eigenvalue weighted by Gasteiger charge is -2.14. The Hall–Kier alpha value is -2.28. The molecule has 7 heteroatoms. The second-order valence-electron chi connectivity index (χ2n) is 6.91. The lowest BCUT2D eigenvalue weighted by atomic mass is 9.93. The molecule has 1 aliphatic heterocycles. The molecule has 0 fully saturated rings. The van der Waals surface area contributed by atoms with Crippen LogP contribution >= 0.6 is 11.3 Å². The molecule has 1 aromatic heterocycles. The number of anilines is 1. The number of hydrogen-bond donors (Lipinski definition) is 2. The molecule has 0 bridgehead atoms. The van der Waals surface area contributed by atoms with Gasteiger partial charge in [-0.15, -0.1) is 11.3 Å². The van der Waals surface area contributed by atoms with Gasteiger partial charge in [0.15, 0.2) is 17.5 Å². The van der Waals surface area contributed by atoms with Crippen LogP contribution in [-0.2, 0) is 12.0 Å². The van der Waals surface area contributed by atoms with E-state index in [1.807, 2.05) is 18.2 Å². The third kappa shape index (κ3) is 4.63. The van der Waals surface area contributed by atoms with Crippen LogP contribution in [0.4, 0.5) is 5.69 Å². The third-order valence-electron chi connectivity index (χ3n) is 3.72. The first-order chi connectivity index (χ1) is 11.9. The summed E-state index contributed by atoms with van der Waals surface area (Å²) in [6.07, 6.45) is 0.880. The normalized spacial score (nSPS) is 14.9. The van der Waals surface area contributed by atoms with Gasteiger partial charge in [0.2, 0.25) is 0 Å². The summed E-state index contributed by atoms with van der Waals surface area (Å²) in [5.74, 6) is 1.84. The molecule has 0 amide bonds. The Kier molecular flexibility index (Phi) is 5.13. The van der Waals surface area contributed by atoms with Crippen LogP contribution in [-0.4, -0.2) is 24.2 Å². The zero-order valence-electron chi connectivity index (χ0n) is 14.8. The summed E-state index contributed by atoms with van der Waals surface area (Å²) >= 11 is 1.61. The number of nitrogens with two attached hydrogens (primary N) is 1. The Morgan fingerprint density at radius 2 is 2.04 bits per heavy atom. The smallest absolute Gasteiger partial charge is 0.193 e. The number of rotatable bonds is 3. The summed E-state index contributed by atoms with van der Waals surface area (Å²) in [6.45, 7) is 8.23. The van der Waals surface area contributed by atoms with E-state index in [-0.39, 0.29) is 5.41 Å². The van der Waals surface area contributed by atoms with Crippen molar-refractivity contribution in [2.24, 2.45) is 10.7 Å². The summed E-state index contributed by atoms with van der Waals surface area (Å²) in [5, 5.41) is 6.12. The summed E-state index contributed by atoms with van der Waals surface area (Å²) in [5.41, 5.74) is 7.94. The number of guanidine groups is 1. The number of nitrogens with one attached hydrogen (secondary N) is 1. The van der Waals surface area contributed by atoms with Gasteiger partial charge in [0.05, 0.1) is 25.5 Å². The van der Waals surface area contributed by atoms with E-state index in [2.05, 4.69) is 41.4 Å². The first kappa shape index (κ1) is 17.5. The lowest BCUT2D eigenvalue weighted by Crippen LogP contribution is -2.22. The molecule has 0 saturated heterocycles. The molecule has 0 spiro atoms. The van der Waals surface area contributed by atoms with Crippen LogP contribution in [0.2, 0.25) is 0 Å². The van der Waals surface area contributed by atoms with Crippen LogP contribution in [0.1, 0.15) is 37.9 Å². The average Bonchev–Trinajstić information content (AvgIpc) is 2.92. The van der Waals surface area contributed by atoms with Crippen LogP contribution < -0.4 is 20.5 Å². The van der Waals surface area contributed by atoms with Gasteiger partial charge < -0.3 is 20.5 Å². The van der Waals surface area contributed by atoms with Crippen molar-refractivity contribution in [2.45, 2.75) is 39.2 Å². The van der Waals surface area contributed by atoms with Gasteiger partial charge in [-0.2, -0.15) is 0 Å². The number of benzene rings is 1. The number of aliphatic imine (C=N–C) groups is 1. The molecule has 134 valence electrons. The molecular weight excluding hydrogens is 336 g/mol. The fraction of sp³-hybridized carbons (Fsp3) is 0.444. The predicted octanol–water partition coefficient (Wildman–Crippen LogP) is 3.53. The van der Waals surface area contributed by atoms with Crippen LogP contribution in [0.3, 0.4) is 0 Å². The van der Waals surface area contributed by atoms with E-state index in [0.717, 1.165) is 34.3 Å². The van der Waals surface area contributed by atoms with Gasteiger partial charge in [0.1, 0.15) is 5.01 Å². The van der Waals surface area contributed by atoms with Crippen molar-refractivity contribution in [3.05, 3.63) is 34.3 Å². The Morgan fingerprint density at radius 1 is 1.28 bits per heavy atom. The topological polar surface area (TPSA) is 81.8 Å². The number of thiazole rings is 1. The largest absolute Gasteiger partial charge is 0.490 e. The van der Waals surface area contributed by atoms with Crippen molar-refractivity contribution in [1.82, 2.24) is 4.98 Å². The molecule has 1 aliphatic rings. The van der Waals surface area contributed by atoms with E-state index in [1.165, 1.54) is 0 Å². The van der Waals surface area contributed by atoms with Gasteiger partial charge in [0.25, 0.3) is 0 Å². The molecule has 0 radical (unpaired) electrons. The Labute approximate surface area is 152 Å². The zero-order chi connectivity index (χ0) is 17.9. The maximum absolute atomic E-state index is 6.00. The monoisotopic (exact) mass is 360 g/mol.